The molecule has 1 aromatic rings. The smallest absolute Gasteiger partial charge is 0.311 e. The summed E-state index contributed by atoms with van der Waals surface area (Å²) in [7, 11) is -0.103. The van der Waals surface area contributed by atoms with Crippen molar-refractivity contribution in [3.05, 3.63) is 17.7 Å². The molecular formula is C17H28O4Si. The second-order valence-electron chi connectivity index (χ2n) is 6.24. The largest absolute Gasteiger partial charge is 0.496 e. The van der Waals surface area contributed by atoms with Crippen molar-refractivity contribution in [1.82, 2.24) is 0 Å². The normalized spacial score (nSPS) is 11.4. The van der Waals surface area contributed by atoms with Crippen LogP contribution in [0.4, 0.5) is 0 Å². The minimum absolute atomic E-state index is 0.193. The average Bonchev–Trinajstić information content (AvgIpc) is 2.44. The number of esters is 1. The molecule has 0 aromatic heterocycles. The Bertz CT molecular complexity index is 506. The molecule has 0 amide bonds. The second-order valence-corrected chi connectivity index (χ2v) is 11.2. The van der Waals surface area contributed by atoms with Crippen LogP contribution in [-0.4, -0.2) is 27.8 Å². The highest BCUT2D eigenvalue weighted by atomic mass is 28.3. The summed E-state index contributed by atoms with van der Waals surface area (Å²) in [5, 5.41) is 1.04. The molecule has 0 aliphatic rings. The molecule has 1 rings (SSSR count). The number of carbonyl (C=O) groups excluding carboxylic acids is 1. The minimum Gasteiger partial charge on any atom is -0.496 e. The van der Waals surface area contributed by atoms with E-state index in [1.165, 1.54) is 0 Å². The summed E-state index contributed by atoms with van der Waals surface area (Å²) in [6, 6.07) is 3.80. The van der Waals surface area contributed by atoms with E-state index >= 15 is 0 Å². The molecule has 4 nitrogen and oxygen atoms in total. The lowest BCUT2D eigenvalue weighted by Crippen LogP contribution is -2.40. The molecule has 0 unspecified atom stereocenters. The fourth-order valence-electron chi connectivity index (χ4n) is 2.34. The average molecular weight is 324 g/mol. The predicted molar refractivity (Wildman–Crippen MR) is 91.8 cm³/mol. The topological polar surface area (TPSA) is 44.8 Å². The number of rotatable bonds is 8. The zero-order valence-electron chi connectivity index (χ0n) is 14.6. The molecule has 0 radical (unpaired) electrons. The van der Waals surface area contributed by atoms with Gasteiger partial charge in [0.25, 0.3) is 0 Å². The highest BCUT2D eigenvalue weighted by molar-refractivity contribution is 6.90. The van der Waals surface area contributed by atoms with Gasteiger partial charge < -0.3 is 14.2 Å². The van der Waals surface area contributed by atoms with Crippen LogP contribution in [0.2, 0.25) is 19.6 Å². The molecule has 5 heteroatoms. The molecule has 0 bridgehead atoms. The molecule has 0 aliphatic heterocycles. The molecular weight excluding hydrogens is 296 g/mol. The fourth-order valence-corrected chi connectivity index (χ4v) is 4.16. The van der Waals surface area contributed by atoms with Crippen LogP contribution < -0.4 is 14.7 Å². The summed E-state index contributed by atoms with van der Waals surface area (Å²) in [6.07, 6.45) is 1.20. The lowest BCUT2D eigenvalue weighted by atomic mass is 10.2. The minimum atomic E-state index is -1.76. The summed E-state index contributed by atoms with van der Waals surface area (Å²) < 4.78 is 16.8. The lowest BCUT2D eigenvalue weighted by molar-refractivity contribution is -0.134. The van der Waals surface area contributed by atoms with Gasteiger partial charge in [0.2, 0.25) is 0 Å². The van der Waals surface area contributed by atoms with Crippen molar-refractivity contribution in [2.75, 3.05) is 13.7 Å². The first-order chi connectivity index (χ1) is 10.3. The predicted octanol–water partition coefficient (Wildman–Crippen LogP) is 3.48. The van der Waals surface area contributed by atoms with E-state index in [1.54, 1.807) is 7.11 Å². The summed E-state index contributed by atoms with van der Waals surface area (Å²) in [5.41, 5.74) is 0.997. The van der Waals surface area contributed by atoms with E-state index < -0.39 is 8.07 Å². The molecule has 0 N–H and O–H groups in total. The highest BCUT2D eigenvalue weighted by Gasteiger charge is 2.28. The molecule has 124 valence electrons. The maximum Gasteiger partial charge on any atom is 0.311 e. The Balaban J connectivity index is 3.30. The zero-order chi connectivity index (χ0) is 16.8. The number of benzene rings is 1. The van der Waals surface area contributed by atoms with Gasteiger partial charge in [-0.3, -0.25) is 4.79 Å². The quantitative estimate of drug-likeness (QED) is 0.417. The van der Waals surface area contributed by atoms with Gasteiger partial charge in [-0.15, -0.1) is 0 Å². The van der Waals surface area contributed by atoms with Crippen LogP contribution in [0, 0.1) is 0 Å². The first kappa shape index (κ1) is 18.7. The molecule has 0 fully saturated rings. The van der Waals surface area contributed by atoms with Gasteiger partial charge in [0, 0.05) is 23.8 Å². The van der Waals surface area contributed by atoms with E-state index in [4.69, 9.17) is 14.2 Å². The molecule has 0 spiro atoms. The Morgan fingerprint density at radius 3 is 2.36 bits per heavy atom. The van der Waals surface area contributed by atoms with Crippen molar-refractivity contribution < 1.29 is 19.0 Å². The van der Waals surface area contributed by atoms with Crippen LogP contribution >= 0.6 is 0 Å². The zero-order valence-corrected chi connectivity index (χ0v) is 15.6. The summed E-state index contributed by atoms with van der Waals surface area (Å²) in [6.45, 7) is 11.7. The van der Waals surface area contributed by atoms with Crippen LogP contribution in [0.3, 0.4) is 0 Å². The van der Waals surface area contributed by atoms with Crippen molar-refractivity contribution in [3.63, 3.8) is 0 Å². The number of hydrogen-bond acceptors (Lipinski definition) is 4. The Hall–Kier alpha value is -1.33. The van der Waals surface area contributed by atoms with E-state index in [9.17, 15) is 4.79 Å². The number of methoxy groups -OCH3 is 1. The lowest BCUT2D eigenvalue weighted by Gasteiger charge is -2.25. The summed E-state index contributed by atoms with van der Waals surface area (Å²) in [4.78, 5) is 11.9. The third kappa shape index (κ3) is 4.85. The Morgan fingerprint density at radius 2 is 1.86 bits per heavy atom. The summed E-state index contributed by atoms with van der Waals surface area (Å²) >= 11 is 0. The van der Waals surface area contributed by atoms with Crippen molar-refractivity contribution in [2.24, 2.45) is 0 Å². The van der Waals surface area contributed by atoms with Gasteiger partial charge in [-0.25, -0.2) is 0 Å². The molecule has 22 heavy (non-hydrogen) atoms. The Morgan fingerprint density at radius 1 is 1.18 bits per heavy atom. The van der Waals surface area contributed by atoms with E-state index in [0.29, 0.717) is 25.4 Å². The van der Waals surface area contributed by atoms with E-state index in [0.717, 1.165) is 22.9 Å². The SMILES string of the molecule is CCCC(=O)Oc1ccc(COCC)c(OC)c1[Si](C)(C)C. The van der Waals surface area contributed by atoms with Crippen LogP contribution in [-0.2, 0) is 16.1 Å². The summed E-state index contributed by atoms with van der Waals surface area (Å²) in [5.74, 6) is 1.24. The van der Waals surface area contributed by atoms with E-state index in [1.807, 2.05) is 26.0 Å². The van der Waals surface area contributed by atoms with Gasteiger partial charge in [0.15, 0.2) is 0 Å². The van der Waals surface area contributed by atoms with Crippen LogP contribution in [0.25, 0.3) is 0 Å². The Kier molecular flexibility index (Phi) is 7.09. The molecule has 0 atom stereocenters. The van der Waals surface area contributed by atoms with Gasteiger partial charge in [0.1, 0.15) is 11.5 Å². The Labute approximate surface area is 134 Å². The maximum atomic E-state index is 11.9. The van der Waals surface area contributed by atoms with Gasteiger partial charge >= 0.3 is 5.97 Å². The second kappa shape index (κ2) is 8.34. The van der Waals surface area contributed by atoms with Crippen LogP contribution in [0.15, 0.2) is 12.1 Å². The third-order valence-corrected chi connectivity index (χ3v) is 5.27. The molecule has 0 saturated heterocycles. The highest BCUT2D eigenvalue weighted by Crippen LogP contribution is 2.27. The number of hydrogen-bond donors (Lipinski definition) is 0. The van der Waals surface area contributed by atoms with Gasteiger partial charge in [-0.1, -0.05) is 26.6 Å². The van der Waals surface area contributed by atoms with Crippen molar-refractivity contribution >= 4 is 19.2 Å². The number of carbonyl (C=O) groups is 1. The van der Waals surface area contributed by atoms with Crippen molar-refractivity contribution in [3.8, 4) is 11.5 Å². The molecule has 1 aromatic carbocycles. The number of ether oxygens (including phenoxy) is 3. The first-order valence-corrected chi connectivity index (χ1v) is 11.3. The standard InChI is InChI=1S/C17H28O4Si/c1-7-9-15(18)21-14-11-10-13(12-20-8-2)16(19-3)17(14)22(4,5)6/h10-11H,7-9,12H2,1-6H3. The van der Waals surface area contributed by atoms with E-state index in [2.05, 4.69) is 19.6 Å². The molecule has 0 aliphatic carbocycles. The van der Waals surface area contributed by atoms with Crippen molar-refractivity contribution in [2.45, 2.75) is 52.9 Å². The first-order valence-electron chi connectivity index (χ1n) is 7.83. The van der Waals surface area contributed by atoms with E-state index in [-0.39, 0.29) is 5.97 Å². The fraction of sp³-hybridized carbons (Fsp3) is 0.588. The van der Waals surface area contributed by atoms with Gasteiger partial charge in [0.05, 0.1) is 21.8 Å². The monoisotopic (exact) mass is 324 g/mol. The maximum absolute atomic E-state index is 11.9. The van der Waals surface area contributed by atoms with Crippen LogP contribution in [0.1, 0.15) is 32.3 Å². The van der Waals surface area contributed by atoms with Crippen LogP contribution in [0.5, 0.6) is 11.5 Å². The van der Waals surface area contributed by atoms with Gasteiger partial charge in [-0.2, -0.15) is 0 Å². The molecule has 0 heterocycles. The van der Waals surface area contributed by atoms with Gasteiger partial charge in [-0.05, 0) is 25.5 Å². The molecule has 0 saturated carbocycles. The third-order valence-electron chi connectivity index (χ3n) is 3.29. The van der Waals surface area contributed by atoms with Crippen molar-refractivity contribution in [1.29, 1.82) is 0 Å².